The average molecular weight is 576 g/mol. The Morgan fingerprint density at radius 1 is 0.923 bits per heavy atom. The number of rotatable bonds is 4. The van der Waals surface area contributed by atoms with Crippen LogP contribution in [0.5, 0.6) is 0 Å². The van der Waals surface area contributed by atoms with Gasteiger partial charge in [-0.25, -0.2) is 0 Å². The quantitative estimate of drug-likeness (QED) is 0.342. The van der Waals surface area contributed by atoms with Crippen LogP contribution in [0.4, 0.5) is 0 Å². The molecule has 2 saturated carbocycles. The van der Waals surface area contributed by atoms with Crippen LogP contribution in [0.3, 0.4) is 0 Å². The number of likely N-dealkylation sites (tertiary alicyclic amines) is 1. The Kier molecular flexibility index (Phi) is 23.0. The average Bonchev–Trinajstić information content (AvgIpc) is 2.52. The first-order chi connectivity index (χ1) is 11.0. The van der Waals surface area contributed by atoms with Crippen molar-refractivity contribution in [1.29, 1.82) is 0 Å². The SMILES string of the molecule is CC.CC(C)CC1C[CH-]N(CC2CCC3(CC2)CC(C)C3)[CH-]C1.[Rb+].[Rb+].[Rb+]. The summed E-state index contributed by atoms with van der Waals surface area (Å²) in [5, 5.41) is 0. The van der Waals surface area contributed by atoms with Crippen molar-refractivity contribution in [3.63, 3.8) is 0 Å². The van der Waals surface area contributed by atoms with Crippen LogP contribution in [0.1, 0.15) is 92.4 Å². The monoisotopic (exact) mass is 574 g/mol. The van der Waals surface area contributed by atoms with E-state index in [9.17, 15) is 0 Å². The zero-order chi connectivity index (χ0) is 16.9. The van der Waals surface area contributed by atoms with E-state index in [0.29, 0.717) is 0 Å². The summed E-state index contributed by atoms with van der Waals surface area (Å²) in [7, 11) is 0. The predicted octanol–water partition coefficient (Wildman–Crippen LogP) is -2.29. The summed E-state index contributed by atoms with van der Waals surface area (Å²) >= 11 is 0. The molecule has 0 amide bonds. The van der Waals surface area contributed by atoms with Crippen LogP contribution < -0.4 is 175 Å². The van der Waals surface area contributed by atoms with Crippen molar-refractivity contribution in [2.45, 2.75) is 92.4 Å². The van der Waals surface area contributed by atoms with Gasteiger partial charge in [0.2, 0.25) is 0 Å². The van der Waals surface area contributed by atoms with E-state index in [0.717, 1.165) is 29.1 Å². The van der Waals surface area contributed by atoms with Crippen molar-refractivity contribution in [1.82, 2.24) is 4.90 Å². The van der Waals surface area contributed by atoms with Gasteiger partial charge in [-0.15, -0.1) is 0 Å². The summed E-state index contributed by atoms with van der Waals surface area (Å²) in [5.41, 5.74) is 0.799. The van der Waals surface area contributed by atoms with E-state index >= 15 is 0 Å². The Morgan fingerprint density at radius 3 is 1.85 bits per heavy atom. The first kappa shape index (κ1) is 33.5. The molecule has 0 N–H and O–H groups in total. The normalized spacial score (nSPS) is 31.6. The van der Waals surface area contributed by atoms with Crippen LogP contribution in [0.15, 0.2) is 0 Å². The van der Waals surface area contributed by atoms with Crippen LogP contribution in [-0.2, 0) is 0 Å². The molecule has 0 atom stereocenters. The van der Waals surface area contributed by atoms with Gasteiger partial charge in [0.05, 0.1) is 0 Å². The Labute approximate surface area is 312 Å². The topological polar surface area (TPSA) is 3.24 Å². The fraction of sp³-hybridized carbons (Fsp3) is 0.909. The Hall–Kier alpha value is 5.38. The fourth-order valence-electron chi connectivity index (χ4n) is 5.35. The minimum Gasteiger partial charge on any atom is -0.605 e. The molecule has 2 aliphatic carbocycles. The third-order valence-electron chi connectivity index (χ3n) is 6.35. The van der Waals surface area contributed by atoms with Gasteiger partial charge >= 0.3 is 175 Å². The maximum atomic E-state index is 2.54. The minimum atomic E-state index is 0. The summed E-state index contributed by atoms with van der Waals surface area (Å²) in [6, 6.07) is 0. The molecule has 0 aromatic carbocycles. The molecule has 3 rings (SSSR count). The molecule has 0 radical (unpaired) electrons. The molecule has 4 heteroatoms. The zero-order valence-corrected chi connectivity index (χ0v) is 34.2. The number of piperidine rings is 1. The van der Waals surface area contributed by atoms with Crippen LogP contribution >= 0.6 is 0 Å². The molecule has 0 aromatic rings. The largest absolute Gasteiger partial charge is 1.00 e. The maximum absolute atomic E-state index is 2.54. The van der Waals surface area contributed by atoms with Gasteiger partial charge in [-0.2, -0.15) is 12.8 Å². The summed E-state index contributed by atoms with van der Waals surface area (Å²) in [6.07, 6.45) is 13.1. The first-order valence-corrected chi connectivity index (χ1v) is 10.5. The third kappa shape index (κ3) is 11.5. The Bertz CT molecular complexity index is 324. The second-order valence-electron chi connectivity index (χ2n) is 8.99. The van der Waals surface area contributed by atoms with Gasteiger partial charge in [0, 0.05) is 0 Å². The van der Waals surface area contributed by atoms with E-state index in [1.165, 1.54) is 64.3 Å². The van der Waals surface area contributed by atoms with E-state index in [1.54, 1.807) is 0 Å². The molecule has 0 aromatic heterocycles. The van der Waals surface area contributed by atoms with E-state index in [2.05, 4.69) is 38.8 Å². The van der Waals surface area contributed by atoms with Crippen molar-refractivity contribution in [2.24, 2.45) is 29.1 Å². The van der Waals surface area contributed by atoms with Gasteiger partial charge in [-0.05, 0) is 61.7 Å². The zero-order valence-electron chi connectivity index (χ0n) is 19.5. The second kappa shape index (κ2) is 17.8. The predicted molar refractivity (Wildman–Crippen MR) is 102 cm³/mol. The van der Waals surface area contributed by atoms with Gasteiger partial charge in [-0.3, -0.25) is 13.1 Å². The molecule has 1 saturated heterocycles. The molecule has 26 heavy (non-hydrogen) atoms. The van der Waals surface area contributed by atoms with Crippen LogP contribution in [0, 0.1) is 42.2 Å². The van der Waals surface area contributed by atoms with Gasteiger partial charge in [0.1, 0.15) is 0 Å². The van der Waals surface area contributed by atoms with Crippen molar-refractivity contribution >= 4 is 0 Å². The number of hydrogen-bond acceptors (Lipinski definition) is 1. The third-order valence-corrected chi connectivity index (χ3v) is 6.35. The smallest absolute Gasteiger partial charge is 0.605 e. The van der Waals surface area contributed by atoms with Crippen molar-refractivity contribution in [3.05, 3.63) is 13.1 Å². The number of nitrogens with zero attached hydrogens (tertiary/aromatic N) is 1. The molecule has 3 aliphatic rings. The van der Waals surface area contributed by atoms with Gasteiger partial charge < -0.3 is 4.90 Å². The Balaban J connectivity index is 0. The fourth-order valence-corrected chi connectivity index (χ4v) is 5.35. The molecule has 1 nitrogen and oxygen atoms in total. The van der Waals surface area contributed by atoms with Crippen LogP contribution in [0.2, 0.25) is 0 Å². The second-order valence-corrected chi connectivity index (χ2v) is 8.99. The van der Waals surface area contributed by atoms with E-state index in [-0.39, 0.29) is 175 Å². The standard InChI is InChI=1S/C20H35N.C2H6.3Rb/c1-16(2)12-18-6-10-21(11-7-18)15-19-4-8-20(9-5-19)13-17(3)14-20;1-2;;;/h10-11,16-19H,4-9,12-15H2,1-3H3;1-2H3;;;/q-2;;3*+1. The summed E-state index contributed by atoms with van der Waals surface area (Å²) < 4.78 is 0. The molecule has 136 valence electrons. The van der Waals surface area contributed by atoms with Crippen molar-refractivity contribution in [3.8, 4) is 0 Å². The van der Waals surface area contributed by atoms with Gasteiger partial charge in [0.25, 0.3) is 0 Å². The minimum absolute atomic E-state index is 0. The van der Waals surface area contributed by atoms with E-state index in [4.69, 9.17) is 0 Å². The Morgan fingerprint density at radius 2 is 1.42 bits per heavy atom. The summed E-state index contributed by atoms with van der Waals surface area (Å²) in [5.74, 6) is 3.74. The molecule has 1 heterocycles. The van der Waals surface area contributed by atoms with Gasteiger partial charge in [-0.1, -0.05) is 53.5 Å². The molecule has 0 bridgehead atoms. The maximum Gasteiger partial charge on any atom is 1.00 e. The van der Waals surface area contributed by atoms with Crippen LogP contribution in [0.25, 0.3) is 0 Å². The summed E-state index contributed by atoms with van der Waals surface area (Å²) in [4.78, 5) is 2.54. The summed E-state index contributed by atoms with van der Waals surface area (Å²) in [6.45, 7) is 17.4. The van der Waals surface area contributed by atoms with Crippen molar-refractivity contribution in [2.75, 3.05) is 6.54 Å². The molecule has 3 fully saturated rings. The van der Waals surface area contributed by atoms with E-state index < -0.39 is 0 Å². The molecule has 1 aliphatic heterocycles. The molecule has 0 unspecified atom stereocenters. The molecular weight excluding hydrogens is 535 g/mol. The van der Waals surface area contributed by atoms with Crippen LogP contribution in [-0.4, -0.2) is 11.4 Å². The first-order valence-electron chi connectivity index (χ1n) is 10.5. The van der Waals surface area contributed by atoms with Crippen molar-refractivity contribution < 1.29 is 175 Å². The molecular formula is C22H41NRb3+. The van der Waals surface area contributed by atoms with Gasteiger partial charge in [0.15, 0.2) is 0 Å². The molecule has 1 spiro atoms. The van der Waals surface area contributed by atoms with E-state index in [1.807, 2.05) is 13.8 Å². The number of hydrogen-bond donors (Lipinski definition) is 0.